The van der Waals surface area contributed by atoms with E-state index in [1.807, 2.05) is 13.8 Å². The van der Waals surface area contributed by atoms with Crippen molar-refractivity contribution in [3.8, 4) is 5.75 Å². The molecule has 0 heterocycles. The van der Waals surface area contributed by atoms with Crippen LogP contribution in [0.5, 0.6) is 5.75 Å². The molecule has 0 aliphatic carbocycles. The van der Waals surface area contributed by atoms with Crippen molar-refractivity contribution in [2.24, 2.45) is 11.7 Å². The van der Waals surface area contributed by atoms with E-state index in [9.17, 15) is 8.42 Å². The summed E-state index contributed by atoms with van der Waals surface area (Å²) in [6.07, 6.45) is 0. The van der Waals surface area contributed by atoms with Crippen LogP contribution >= 0.6 is 0 Å². The molecule has 1 atom stereocenters. The Balaban J connectivity index is 2.80. The monoisotopic (exact) mass is 272 g/mol. The number of nitrogens with two attached hydrogens (primary N) is 1. The molecule has 0 saturated carbocycles. The lowest BCUT2D eigenvalue weighted by molar-refractivity contribution is 0.413. The lowest BCUT2D eigenvalue weighted by Gasteiger charge is -2.16. The standard InChI is InChI=1S/C12H20N2O3S/c1-9(2)12(13)8-14-18(15,16)11-6-4-5-10(7-11)17-3/h4-7,9,12,14H,8,13H2,1-3H3. The number of nitrogens with one attached hydrogen (secondary N) is 1. The fourth-order valence-electron chi connectivity index (χ4n) is 1.29. The van der Waals surface area contributed by atoms with Crippen LogP contribution in [-0.2, 0) is 10.0 Å². The summed E-state index contributed by atoms with van der Waals surface area (Å²) < 4.78 is 31.5. The summed E-state index contributed by atoms with van der Waals surface area (Å²) in [7, 11) is -2.04. The Kier molecular flexibility index (Phi) is 5.13. The van der Waals surface area contributed by atoms with Crippen LogP contribution in [0.4, 0.5) is 0 Å². The molecule has 0 spiro atoms. The van der Waals surface area contributed by atoms with Gasteiger partial charge in [0.05, 0.1) is 12.0 Å². The Labute approximate surface area is 108 Å². The molecule has 0 aliphatic heterocycles. The molecule has 0 radical (unpaired) electrons. The molecule has 1 aromatic rings. The first-order valence-electron chi connectivity index (χ1n) is 5.76. The molecule has 3 N–H and O–H groups in total. The van der Waals surface area contributed by atoms with Gasteiger partial charge in [-0.05, 0) is 18.1 Å². The van der Waals surface area contributed by atoms with Crippen LogP contribution < -0.4 is 15.2 Å². The van der Waals surface area contributed by atoms with Gasteiger partial charge in [-0.15, -0.1) is 0 Å². The highest BCUT2D eigenvalue weighted by Crippen LogP contribution is 2.16. The number of hydrogen-bond donors (Lipinski definition) is 2. The van der Waals surface area contributed by atoms with Gasteiger partial charge in [0.2, 0.25) is 10.0 Å². The summed E-state index contributed by atoms with van der Waals surface area (Å²) in [5, 5.41) is 0. The molecular weight excluding hydrogens is 252 g/mol. The van der Waals surface area contributed by atoms with Gasteiger partial charge < -0.3 is 10.5 Å². The fraction of sp³-hybridized carbons (Fsp3) is 0.500. The number of sulfonamides is 1. The van der Waals surface area contributed by atoms with Gasteiger partial charge in [-0.1, -0.05) is 19.9 Å². The molecule has 0 fully saturated rings. The number of rotatable bonds is 6. The number of benzene rings is 1. The predicted octanol–water partition coefficient (Wildman–Crippen LogP) is 0.957. The SMILES string of the molecule is COc1cccc(S(=O)(=O)NCC(N)C(C)C)c1. The Bertz CT molecular complexity index is 486. The summed E-state index contributed by atoms with van der Waals surface area (Å²) in [6, 6.07) is 6.12. The lowest BCUT2D eigenvalue weighted by atomic mass is 10.1. The van der Waals surface area contributed by atoms with Gasteiger partial charge in [0.25, 0.3) is 0 Å². The van der Waals surface area contributed by atoms with Gasteiger partial charge in [0.1, 0.15) is 5.75 Å². The van der Waals surface area contributed by atoms with Crippen molar-refractivity contribution in [1.82, 2.24) is 4.72 Å². The lowest BCUT2D eigenvalue weighted by Crippen LogP contribution is -2.40. The van der Waals surface area contributed by atoms with E-state index in [0.717, 1.165) is 0 Å². The van der Waals surface area contributed by atoms with E-state index in [0.29, 0.717) is 5.75 Å². The average Bonchev–Trinajstić information content (AvgIpc) is 2.36. The molecule has 6 heteroatoms. The number of hydrogen-bond acceptors (Lipinski definition) is 4. The van der Waals surface area contributed by atoms with Crippen LogP contribution in [0.1, 0.15) is 13.8 Å². The zero-order chi connectivity index (χ0) is 13.8. The summed E-state index contributed by atoms with van der Waals surface area (Å²) in [4.78, 5) is 0.179. The Morgan fingerprint density at radius 2 is 2.06 bits per heavy atom. The molecule has 102 valence electrons. The molecule has 0 aliphatic rings. The molecule has 18 heavy (non-hydrogen) atoms. The molecular formula is C12H20N2O3S. The number of ether oxygens (including phenoxy) is 1. The van der Waals surface area contributed by atoms with Crippen LogP contribution in [0.2, 0.25) is 0 Å². The Morgan fingerprint density at radius 3 is 2.61 bits per heavy atom. The van der Waals surface area contributed by atoms with Crippen molar-refractivity contribution in [2.75, 3.05) is 13.7 Å². The van der Waals surface area contributed by atoms with E-state index >= 15 is 0 Å². The van der Waals surface area contributed by atoms with Gasteiger partial charge in [-0.3, -0.25) is 0 Å². The van der Waals surface area contributed by atoms with Crippen LogP contribution in [0.3, 0.4) is 0 Å². The largest absolute Gasteiger partial charge is 0.497 e. The molecule has 0 amide bonds. The fourth-order valence-corrected chi connectivity index (χ4v) is 2.40. The zero-order valence-corrected chi connectivity index (χ0v) is 11.7. The molecule has 1 aromatic carbocycles. The van der Waals surface area contributed by atoms with Crippen molar-refractivity contribution in [3.05, 3.63) is 24.3 Å². The van der Waals surface area contributed by atoms with Gasteiger partial charge >= 0.3 is 0 Å². The van der Waals surface area contributed by atoms with Crippen LogP contribution in [0.25, 0.3) is 0 Å². The zero-order valence-electron chi connectivity index (χ0n) is 10.9. The molecule has 0 saturated heterocycles. The highest BCUT2D eigenvalue weighted by atomic mass is 32.2. The minimum absolute atomic E-state index is 0.179. The average molecular weight is 272 g/mol. The maximum atomic E-state index is 12.0. The molecule has 1 rings (SSSR count). The minimum atomic E-state index is -3.53. The third-order valence-electron chi connectivity index (χ3n) is 2.72. The molecule has 0 bridgehead atoms. The van der Waals surface area contributed by atoms with E-state index in [-0.39, 0.29) is 23.4 Å². The third kappa shape index (κ3) is 3.97. The van der Waals surface area contributed by atoms with Crippen molar-refractivity contribution < 1.29 is 13.2 Å². The first-order chi connectivity index (χ1) is 8.36. The first kappa shape index (κ1) is 14.9. The smallest absolute Gasteiger partial charge is 0.240 e. The highest BCUT2D eigenvalue weighted by Gasteiger charge is 2.17. The summed E-state index contributed by atoms with van der Waals surface area (Å²) >= 11 is 0. The molecule has 1 unspecified atom stereocenters. The van der Waals surface area contributed by atoms with Crippen LogP contribution in [0.15, 0.2) is 29.2 Å². The highest BCUT2D eigenvalue weighted by molar-refractivity contribution is 7.89. The summed E-state index contributed by atoms with van der Waals surface area (Å²) in [5.74, 6) is 0.726. The second-order valence-corrected chi connectivity index (χ2v) is 6.21. The number of methoxy groups -OCH3 is 1. The van der Waals surface area contributed by atoms with Crippen molar-refractivity contribution >= 4 is 10.0 Å². The Morgan fingerprint density at radius 1 is 1.39 bits per heavy atom. The quantitative estimate of drug-likeness (QED) is 0.808. The van der Waals surface area contributed by atoms with E-state index in [4.69, 9.17) is 10.5 Å². The third-order valence-corrected chi connectivity index (χ3v) is 4.14. The van der Waals surface area contributed by atoms with Crippen LogP contribution in [0, 0.1) is 5.92 Å². The summed E-state index contributed by atoms with van der Waals surface area (Å²) in [5.41, 5.74) is 5.81. The van der Waals surface area contributed by atoms with E-state index < -0.39 is 10.0 Å². The van der Waals surface area contributed by atoms with Crippen molar-refractivity contribution in [3.63, 3.8) is 0 Å². The van der Waals surface area contributed by atoms with Gasteiger partial charge in [0, 0.05) is 18.7 Å². The van der Waals surface area contributed by atoms with E-state index in [1.54, 1.807) is 12.1 Å². The topological polar surface area (TPSA) is 81.4 Å². The Hall–Kier alpha value is -1.11. The first-order valence-corrected chi connectivity index (χ1v) is 7.24. The van der Waals surface area contributed by atoms with Gasteiger partial charge in [-0.2, -0.15) is 0 Å². The van der Waals surface area contributed by atoms with Crippen molar-refractivity contribution in [1.29, 1.82) is 0 Å². The second-order valence-electron chi connectivity index (χ2n) is 4.44. The summed E-state index contributed by atoms with van der Waals surface area (Å²) in [6.45, 7) is 4.12. The normalized spacial score (nSPS) is 13.6. The van der Waals surface area contributed by atoms with Crippen LogP contribution in [-0.4, -0.2) is 28.1 Å². The van der Waals surface area contributed by atoms with E-state index in [1.165, 1.54) is 19.2 Å². The van der Waals surface area contributed by atoms with Gasteiger partial charge in [-0.25, -0.2) is 13.1 Å². The maximum absolute atomic E-state index is 12.0. The van der Waals surface area contributed by atoms with Gasteiger partial charge in [0.15, 0.2) is 0 Å². The molecule has 5 nitrogen and oxygen atoms in total. The minimum Gasteiger partial charge on any atom is -0.497 e. The maximum Gasteiger partial charge on any atom is 0.240 e. The predicted molar refractivity (Wildman–Crippen MR) is 71.0 cm³/mol. The van der Waals surface area contributed by atoms with Crippen molar-refractivity contribution in [2.45, 2.75) is 24.8 Å². The van der Waals surface area contributed by atoms with E-state index in [2.05, 4.69) is 4.72 Å². The molecule has 0 aromatic heterocycles. The second kappa shape index (κ2) is 6.17.